The third-order valence-electron chi connectivity index (χ3n) is 2.38. The van der Waals surface area contributed by atoms with Crippen molar-refractivity contribution in [1.82, 2.24) is 9.80 Å². The molecule has 0 aromatic carbocycles. The Morgan fingerprint density at radius 1 is 1.60 bits per heavy atom. The van der Waals surface area contributed by atoms with Crippen LogP contribution in [-0.2, 0) is 32.9 Å². The Bertz CT molecular complexity index is 264. The van der Waals surface area contributed by atoms with Crippen LogP contribution in [-0.4, -0.2) is 55.1 Å². The minimum absolute atomic E-state index is 0.0800. The van der Waals surface area contributed by atoms with Crippen molar-refractivity contribution in [1.29, 1.82) is 0 Å². The molecule has 1 aliphatic rings. The van der Waals surface area contributed by atoms with E-state index >= 15 is 0 Å². The van der Waals surface area contributed by atoms with E-state index in [0.29, 0.717) is 6.54 Å². The number of rotatable bonds is 5. The van der Waals surface area contributed by atoms with Crippen molar-refractivity contribution >= 4 is 20.2 Å². The number of imide groups is 1. The molecule has 1 heterocycles. The number of hydrogen-bond donors (Lipinski definition) is 0. The molecule has 0 aromatic rings. The summed E-state index contributed by atoms with van der Waals surface area (Å²) in [7, 11) is 9.00. The molecule has 3 amide bonds. The zero-order chi connectivity index (χ0) is 11.4. The van der Waals surface area contributed by atoms with Crippen LogP contribution in [0.3, 0.4) is 0 Å². The van der Waals surface area contributed by atoms with Crippen molar-refractivity contribution in [2.45, 2.75) is 10.0 Å². The maximum atomic E-state index is 11.5. The molecule has 0 N–H and O–H groups in total. The average Bonchev–Trinajstić information content (AvgIpc) is 2.44. The van der Waals surface area contributed by atoms with Gasteiger partial charge >= 0.3 is 105 Å². The average molecular weight is 421 g/mol. The van der Waals surface area contributed by atoms with Gasteiger partial charge in [-0.3, -0.25) is 0 Å². The van der Waals surface area contributed by atoms with Gasteiger partial charge in [-0.15, -0.1) is 0 Å². The zero-order valence-electron chi connectivity index (χ0n) is 8.90. The summed E-state index contributed by atoms with van der Waals surface area (Å²) in [6.45, 7) is 0.506. The van der Waals surface area contributed by atoms with Crippen molar-refractivity contribution in [2.24, 2.45) is 0 Å². The molecule has 0 spiro atoms. The quantitative estimate of drug-likeness (QED) is 0.482. The summed E-state index contributed by atoms with van der Waals surface area (Å²) in [5, 5.41) is 0. The molecule has 1 atom stereocenters. The molecule has 1 fully saturated rings. The van der Waals surface area contributed by atoms with E-state index in [1.165, 1.54) is 9.80 Å². The first kappa shape index (κ1) is 13.2. The number of likely N-dealkylation sites (N-methyl/N-ethyl adjacent to an activating group) is 1. The van der Waals surface area contributed by atoms with E-state index in [1.807, 2.05) is 0 Å². The number of ether oxygens (including phenoxy) is 1. The predicted octanol–water partition coefficient (Wildman–Crippen LogP) is 0.550. The van der Waals surface area contributed by atoms with Crippen molar-refractivity contribution in [3.8, 4) is 0 Å². The van der Waals surface area contributed by atoms with Crippen LogP contribution >= 0.6 is 8.25 Å². The van der Waals surface area contributed by atoms with Gasteiger partial charge in [0.2, 0.25) is 0 Å². The Hall–Kier alpha value is 0.125. The number of halogens is 1. The van der Waals surface area contributed by atoms with Gasteiger partial charge in [-0.25, -0.2) is 0 Å². The molecule has 0 radical (unpaired) electrons. The predicted molar refractivity (Wildman–Crippen MR) is 51.2 cm³/mol. The van der Waals surface area contributed by atoms with Crippen LogP contribution in [0, 0.1) is 0 Å². The molecular formula is C8H13ClHgN2O3. The molecule has 0 saturated carbocycles. The van der Waals surface area contributed by atoms with Crippen LogP contribution < -0.4 is 0 Å². The fraction of sp³-hybridized carbons (Fsp3) is 0.750. The minimum atomic E-state index is -1.30. The third kappa shape index (κ3) is 3.29. The van der Waals surface area contributed by atoms with E-state index in [0.717, 1.165) is 3.93 Å². The molecule has 1 unspecified atom stereocenters. The first-order valence-corrected chi connectivity index (χ1v) is 15.4. The molecule has 0 bridgehead atoms. The molecule has 0 aromatic heterocycles. The second kappa shape index (κ2) is 6.01. The number of hydrogen-bond acceptors (Lipinski definition) is 3. The van der Waals surface area contributed by atoms with Crippen LogP contribution in [0.15, 0.2) is 0 Å². The van der Waals surface area contributed by atoms with Crippen molar-refractivity contribution in [3.05, 3.63) is 0 Å². The zero-order valence-corrected chi connectivity index (χ0v) is 15.2. The van der Waals surface area contributed by atoms with Gasteiger partial charge < -0.3 is 0 Å². The van der Waals surface area contributed by atoms with Crippen molar-refractivity contribution < 1.29 is 37.7 Å². The van der Waals surface area contributed by atoms with Crippen molar-refractivity contribution in [3.63, 3.8) is 0 Å². The van der Waals surface area contributed by atoms with Gasteiger partial charge in [0, 0.05) is 0 Å². The summed E-state index contributed by atoms with van der Waals surface area (Å²) in [6, 6.07) is -0.242. The number of urea groups is 1. The van der Waals surface area contributed by atoms with Crippen LogP contribution in [0.5, 0.6) is 0 Å². The Morgan fingerprint density at radius 2 is 2.27 bits per heavy atom. The normalized spacial score (nSPS) is 18.3. The van der Waals surface area contributed by atoms with Crippen LogP contribution in [0.1, 0.15) is 0 Å². The van der Waals surface area contributed by atoms with Gasteiger partial charge in [-0.2, -0.15) is 0 Å². The summed E-state index contributed by atoms with van der Waals surface area (Å²) in [6.07, 6.45) is -0.0800. The van der Waals surface area contributed by atoms with E-state index in [1.54, 1.807) is 14.2 Å². The van der Waals surface area contributed by atoms with Gasteiger partial charge in [0.25, 0.3) is 0 Å². The number of carbonyl (C=O) groups is 2. The molecule has 5 nitrogen and oxygen atoms in total. The molecule has 0 aliphatic carbocycles. The molecule has 82 valence electrons. The van der Waals surface area contributed by atoms with Crippen LogP contribution in [0.2, 0.25) is 3.93 Å². The molecule has 15 heavy (non-hydrogen) atoms. The van der Waals surface area contributed by atoms with E-state index in [2.05, 4.69) is 0 Å². The fourth-order valence-electron chi connectivity index (χ4n) is 1.46. The van der Waals surface area contributed by atoms with E-state index in [4.69, 9.17) is 13.0 Å². The third-order valence-corrected chi connectivity index (χ3v) is 7.65. The Labute approximate surface area is 105 Å². The van der Waals surface area contributed by atoms with E-state index in [9.17, 15) is 9.59 Å². The number of nitrogens with zero attached hydrogens (tertiary/aromatic N) is 2. The first-order chi connectivity index (χ1) is 7.10. The molecule has 1 saturated heterocycles. The summed E-state index contributed by atoms with van der Waals surface area (Å²) in [4.78, 5) is 25.6. The Balaban J connectivity index is 2.56. The van der Waals surface area contributed by atoms with Gasteiger partial charge in [0.05, 0.1) is 0 Å². The van der Waals surface area contributed by atoms with Gasteiger partial charge in [-0.1, -0.05) is 0 Å². The summed E-state index contributed by atoms with van der Waals surface area (Å²) in [5.41, 5.74) is 0. The molecule has 1 aliphatic heterocycles. The topological polar surface area (TPSA) is 49.9 Å². The van der Waals surface area contributed by atoms with Gasteiger partial charge in [-0.05, 0) is 0 Å². The first-order valence-electron chi connectivity index (χ1n) is 4.74. The van der Waals surface area contributed by atoms with Crippen LogP contribution in [0.4, 0.5) is 4.79 Å². The van der Waals surface area contributed by atoms with E-state index < -0.39 is 23.3 Å². The monoisotopic (exact) mass is 422 g/mol. The SMILES string of the molecule is COC([CH2][Hg][Cl])CN1C(=O)CN(C)C1=O. The van der Waals surface area contributed by atoms with Gasteiger partial charge in [0.1, 0.15) is 0 Å². The Kier molecular flexibility index (Phi) is 5.28. The van der Waals surface area contributed by atoms with E-state index in [-0.39, 0.29) is 24.6 Å². The standard InChI is InChI=1S/C8H13N2O3.ClH.Hg/c1-6(13-3)4-10-7(11)5-9(2)8(10)12;;/h6H,1,4-5H2,2-3H3;1H;/q;;+1/p-1. The van der Waals surface area contributed by atoms with Gasteiger partial charge in [0.15, 0.2) is 0 Å². The molecule has 1 rings (SSSR count). The summed E-state index contributed by atoms with van der Waals surface area (Å²) in [5.74, 6) is -0.157. The van der Waals surface area contributed by atoms with Crippen molar-refractivity contribution in [2.75, 3.05) is 27.2 Å². The molecular weight excluding hydrogens is 408 g/mol. The number of amides is 3. The van der Waals surface area contributed by atoms with Crippen LogP contribution in [0.25, 0.3) is 0 Å². The summed E-state index contributed by atoms with van der Waals surface area (Å²) >= 11 is -1.30. The number of methoxy groups -OCH3 is 1. The second-order valence-corrected chi connectivity index (χ2v) is 10.5. The molecule has 7 heteroatoms. The maximum absolute atomic E-state index is 11.5. The second-order valence-electron chi connectivity index (χ2n) is 3.48. The summed E-state index contributed by atoms with van der Waals surface area (Å²) < 4.78 is 6.04. The fourth-order valence-corrected chi connectivity index (χ4v) is 6.17. The Morgan fingerprint density at radius 3 is 2.67 bits per heavy atom. The number of carbonyl (C=O) groups excluding carboxylic acids is 2.